The van der Waals surface area contributed by atoms with E-state index in [9.17, 15) is 31.1 Å². The molecule has 1 aliphatic rings. The minimum atomic E-state index is -4.75. The second kappa shape index (κ2) is 7.77. The van der Waals surface area contributed by atoms with Gasteiger partial charge in [-0.1, -0.05) is 0 Å². The number of pyridine rings is 1. The maximum Gasteiger partial charge on any atom is 0.421 e. The first-order valence-electron chi connectivity index (χ1n) is 8.90. The summed E-state index contributed by atoms with van der Waals surface area (Å²) in [6, 6.07) is 0.271. The molecule has 11 heteroatoms. The van der Waals surface area contributed by atoms with E-state index in [1.165, 1.54) is 6.20 Å². The predicted molar refractivity (Wildman–Crippen MR) is 90.9 cm³/mol. The van der Waals surface area contributed by atoms with Crippen molar-refractivity contribution in [3.8, 4) is 0 Å². The fourth-order valence-electron chi connectivity index (χ4n) is 3.57. The van der Waals surface area contributed by atoms with Crippen LogP contribution in [0, 0.1) is 0 Å². The molecule has 1 aliphatic heterocycles. The highest BCUT2D eigenvalue weighted by atomic mass is 19.4. The Morgan fingerprint density at radius 2 is 1.83 bits per heavy atom. The number of aromatic amines is 1. The summed E-state index contributed by atoms with van der Waals surface area (Å²) in [7, 11) is 0. The highest BCUT2D eigenvalue weighted by Gasteiger charge is 2.36. The molecule has 0 radical (unpaired) electrons. The first-order valence-corrected chi connectivity index (χ1v) is 8.90. The van der Waals surface area contributed by atoms with Crippen molar-refractivity contribution in [2.45, 2.75) is 50.6 Å². The monoisotopic (exact) mass is 420 g/mol. The van der Waals surface area contributed by atoms with E-state index < -0.39 is 29.0 Å². The van der Waals surface area contributed by atoms with Crippen molar-refractivity contribution < 1.29 is 26.3 Å². The van der Waals surface area contributed by atoms with Crippen LogP contribution in [0.3, 0.4) is 0 Å². The van der Waals surface area contributed by atoms with Crippen LogP contribution in [-0.4, -0.2) is 32.4 Å². The van der Waals surface area contributed by atoms with Gasteiger partial charge in [0.15, 0.2) is 0 Å². The zero-order valence-electron chi connectivity index (χ0n) is 15.3. The van der Waals surface area contributed by atoms with Gasteiger partial charge in [-0.05, 0) is 44.4 Å². The molecule has 2 aromatic rings. The summed E-state index contributed by atoms with van der Waals surface area (Å²) >= 11 is 0. The number of halogens is 6. The van der Waals surface area contributed by atoms with Crippen LogP contribution in [0.1, 0.15) is 48.3 Å². The van der Waals surface area contributed by atoms with Crippen molar-refractivity contribution in [2.24, 2.45) is 0 Å². The molecule has 158 valence electrons. The summed E-state index contributed by atoms with van der Waals surface area (Å²) in [5.74, 6) is 0.250. The van der Waals surface area contributed by atoms with Crippen LogP contribution in [0.2, 0.25) is 0 Å². The van der Waals surface area contributed by atoms with Crippen molar-refractivity contribution in [2.75, 3.05) is 6.54 Å². The minimum absolute atomic E-state index is 0.219. The van der Waals surface area contributed by atoms with Crippen molar-refractivity contribution in [3.05, 3.63) is 57.5 Å². The Morgan fingerprint density at radius 3 is 2.41 bits per heavy atom. The lowest BCUT2D eigenvalue weighted by Gasteiger charge is -2.30. The highest BCUT2D eigenvalue weighted by Crippen LogP contribution is 2.34. The molecule has 29 heavy (non-hydrogen) atoms. The van der Waals surface area contributed by atoms with Crippen molar-refractivity contribution in [1.82, 2.24) is 19.9 Å². The van der Waals surface area contributed by atoms with Crippen LogP contribution in [0.15, 0.2) is 29.5 Å². The molecule has 1 unspecified atom stereocenters. The SMILES string of the molecule is C[C@@H](Cc1c[nH]c(=O)c(C(F)(F)F)c1)N1CCCC1c1ncc(C(F)(F)F)cn1. The molecular weight excluding hydrogens is 402 g/mol. The number of H-pyrrole nitrogens is 1. The summed E-state index contributed by atoms with van der Waals surface area (Å²) in [5, 5.41) is 0. The lowest BCUT2D eigenvalue weighted by molar-refractivity contribution is -0.139. The van der Waals surface area contributed by atoms with E-state index in [1.807, 2.05) is 4.90 Å². The Bertz CT molecular complexity index is 906. The molecule has 0 bridgehead atoms. The maximum absolute atomic E-state index is 12.9. The van der Waals surface area contributed by atoms with Gasteiger partial charge in [-0.25, -0.2) is 9.97 Å². The fourth-order valence-corrected chi connectivity index (χ4v) is 3.57. The quantitative estimate of drug-likeness (QED) is 0.761. The van der Waals surface area contributed by atoms with E-state index in [4.69, 9.17) is 0 Å². The van der Waals surface area contributed by atoms with E-state index in [1.54, 1.807) is 6.92 Å². The zero-order chi connectivity index (χ0) is 21.4. The van der Waals surface area contributed by atoms with E-state index in [-0.39, 0.29) is 24.3 Å². The van der Waals surface area contributed by atoms with Gasteiger partial charge in [-0.15, -0.1) is 0 Å². The lowest BCUT2D eigenvalue weighted by atomic mass is 10.0. The van der Waals surface area contributed by atoms with E-state index in [2.05, 4.69) is 15.0 Å². The van der Waals surface area contributed by atoms with E-state index in [0.717, 1.165) is 24.9 Å². The van der Waals surface area contributed by atoms with E-state index >= 15 is 0 Å². The van der Waals surface area contributed by atoms with Crippen LogP contribution in [-0.2, 0) is 18.8 Å². The smallest absolute Gasteiger partial charge is 0.328 e. The fraction of sp³-hybridized carbons (Fsp3) is 0.500. The van der Waals surface area contributed by atoms with Crippen molar-refractivity contribution in [1.29, 1.82) is 0 Å². The van der Waals surface area contributed by atoms with Crippen molar-refractivity contribution >= 4 is 0 Å². The Morgan fingerprint density at radius 1 is 1.17 bits per heavy atom. The number of rotatable bonds is 4. The summed E-state index contributed by atoms with van der Waals surface area (Å²) in [6.45, 7) is 2.42. The van der Waals surface area contributed by atoms with Gasteiger partial charge < -0.3 is 4.98 Å². The predicted octanol–water partition coefficient (Wildman–Crippen LogP) is 3.97. The Hall–Kier alpha value is -2.43. The van der Waals surface area contributed by atoms with Gasteiger partial charge in [0.1, 0.15) is 11.4 Å². The van der Waals surface area contributed by atoms with Crippen LogP contribution in [0.4, 0.5) is 26.3 Å². The number of alkyl halides is 6. The molecular formula is C18H18F6N4O. The third-order valence-corrected chi connectivity index (χ3v) is 4.96. The summed E-state index contributed by atoms with van der Waals surface area (Å²) in [5.41, 5.74) is -3.09. The summed E-state index contributed by atoms with van der Waals surface area (Å²) in [4.78, 5) is 23.2. The Balaban J connectivity index is 1.77. The summed E-state index contributed by atoms with van der Waals surface area (Å²) in [6.07, 6.45) is -4.94. The number of hydrogen-bond donors (Lipinski definition) is 1. The molecule has 0 aliphatic carbocycles. The first-order chi connectivity index (χ1) is 13.5. The van der Waals surface area contributed by atoms with Crippen LogP contribution < -0.4 is 5.56 Å². The maximum atomic E-state index is 12.9. The van der Waals surface area contributed by atoms with Crippen LogP contribution in [0.5, 0.6) is 0 Å². The zero-order valence-corrected chi connectivity index (χ0v) is 15.3. The van der Waals surface area contributed by atoms with Gasteiger partial charge in [0.25, 0.3) is 5.56 Å². The second-order valence-corrected chi connectivity index (χ2v) is 7.03. The molecule has 0 aromatic carbocycles. The number of aromatic nitrogens is 3. The number of nitrogens with one attached hydrogen (secondary N) is 1. The van der Waals surface area contributed by atoms with Crippen molar-refractivity contribution in [3.63, 3.8) is 0 Å². The largest absolute Gasteiger partial charge is 0.421 e. The van der Waals surface area contributed by atoms with Gasteiger partial charge in [0.05, 0.1) is 11.6 Å². The van der Waals surface area contributed by atoms with Gasteiger partial charge in [-0.2, -0.15) is 26.3 Å². The molecule has 2 aromatic heterocycles. The minimum Gasteiger partial charge on any atom is -0.328 e. The van der Waals surface area contributed by atoms with Gasteiger partial charge in [0, 0.05) is 24.6 Å². The van der Waals surface area contributed by atoms with Gasteiger partial charge >= 0.3 is 12.4 Å². The standard InChI is InChI=1S/C18H18F6N4O/c1-10(5-11-6-13(18(22,23)24)16(29)27-7-11)28-4-2-3-14(28)15-25-8-12(9-26-15)17(19,20)21/h6-10,14H,2-5H2,1H3,(H,27,29)/t10-,14?/m0/s1. The molecule has 5 nitrogen and oxygen atoms in total. The highest BCUT2D eigenvalue weighted by molar-refractivity contribution is 5.22. The average Bonchev–Trinajstić information content (AvgIpc) is 3.11. The topological polar surface area (TPSA) is 61.9 Å². The third kappa shape index (κ3) is 4.77. The average molecular weight is 420 g/mol. The first kappa shape index (κ1) is 21.3. The number of nitrogens with zero attached hydrogens (tertiary/aromatic N) is 3. The molecule has 1 N–H and O–H groups in total. The van der Waals surface area contributed by atoms with E-state index in [0.29, 0.717) is 18.5 Å². The van der Waals surface area contributed by atoms with Crippen LogP contribution in [0.25, 0.3) is 0 Å². The Kier molecular flexibility index (Phi) is 5.70. The molecule has 3 rings (SSSR count). The van der Waals surface area contributed by atoms with Gasteiger partial charge in [-0.3, -0.25) is 9.69 Å². The lowest BCUT2D eigenvalue weighted by Crippen LogP contribution is -2.35. The molecule has 0 amide bonds. The molecule has 0 saturated carbocycles. The summed E-state index contributed by atoms with van der Waals surface area (Å²) < 4.78 is 76.9. The normalized spacial score (nSPS) is 19.5. The molecule has 2 atom stereocenters. The number of likely N-dealkylation sites (tertiary alicyclic amines) is 1. The Labute approximate surface area is 161 Å². The molecule has 0 spiro atoms. The van der Waals surface area contributed by atoms with Gasteiger partial charge in [0.2, 0.25) is 0 Å². The third-order valence-electron chi connectivity index (χ3n) is 4.96. The second-order valence-electron chi connectivity index (χ2n) is 7.03. The van der Waals surface area contributed by atoms with Crippen LogP contribution >= 0.6 is 0 Å². The number of hydrogen-bond acceptors (Lipinski definition) is 4. The molecule has 1 saturated heterocycles. The molecule has 1 fully saturated rings. The molecule has 3 heterocycles.